The smallest absolute Gasteiger partial charge is 0.134 e. The van der Waals surface area contributed by atoms with Crippen LogP contribution in [0.25, 0.3) is 0 Å². The number of halogens is 1. The van der Waals surface area contributed by atoms with Crippen LogP contribution in [0.4, 0.5) is 0 Å². The molecule has 0 aromatic heterocycles. The van der Waals surface area contributed by atoms with Crippen LogP contribution in [0, 0.1) is 0 Å². The first-order valence-electron chi connectivity index (χ1n) is 2.04. The Morgan fingerprint density at radius 2 is 2.29 bits per heavy atom. The lowest BCUT2D eigenvalue weighted by molar-refractivity contribution is 1.27. The van der Waals surface area contributed by atoms with E-state index in [1.54, 1.807) is 0 Å². The maximum Gasteiger partial charge on any atom is 0.134 e. The third kappa shape index (κ3) is 0.996. The lowest BCUT2D eigenvalue weighted by Gasteiger charge is -1.78. The molecule has 0 radical (unpaired) electrons. The van der Waals surface area contributed by atoms with Crippen molar-refractivity contribution < 1.29 is 0 Å². The third-order valence-corrected chi connectivity index (χ3v) is 0.940. The van der Waals surface area contributed by atoms with Gasteiger partial charge in [-0.25, -0.2) is 0 Å². The minimum absolute atomic E-state index is 0.595. The molecule has 0 atom stereocenters. The summed E-state index contributed by atoms with van der Waals surface area (Å²) in [5.41, 5.74) is 0.991. The van der Waals surface area contributed by atoms with Gasteiger partial charge in [-0.3, -0.25) is 0 Å². The Hall–Kier alpha value is -0.370. The van der Waals surface area contributed by atoms with E-state index in [4.69, 9.17) is 11.6 Å². The first-order valence-corrected chi connectivity index (χ1v) is 2.42. The highest BCUT2D eigenvalue weighted by Gasteiger charge is 2.02. The summed E-state index contributed by atoms with van der Waals surface area (Å²) in [5, 5.41) is 7.87. The van der Waals surface area contributed by atoms with E-state index in [-0.39, 0.29) is 0 Å². The predicted molar refractivity (Wildman–Crippen MR) is 31.0 cm³/mol. The molecule has 0 aliphatic carbocycles. The Labute approximate surface area is 46.9 Å². The van der Waals surface area contributed by atoms with Gasteiger partial charge in [0.2, 0.25) is 0 Å². The fraction of sp³-hybridized carbons (Fsp3) is 0.500. The highest BCUT2D eigenvalue weighted by Crippen LogP contribution is 2.03. The minimum atomic E-state index is 0.595. The second-order valence-electron chi connectivity index (χ2n) is 1.49. The summed E-state index contributed by atoms with van der Waals surface area (Å²) in [7, 11) is 0. The van der Waals surface area contributed by atoms with Gasteiger partial charge < -0.3 is 0 Å². The average molecular weight is 117 g/mol. The van der Waals surface area contributed by atoms with Gasteiger partial charge in [0.15, 0.2) is 0 Å². The molecule has 0 aromatic rings. The molecule has 0 fully saturated rings. The number of hydrogen-bond acceptors (Lipinski definition) is 2. The van der Waals surface area contributed by atoms with Crippen molar-refractivity contribution in [3.8, 4) is 0 Å². The molecule has 0 spiro atoms. The summed E-state index contributed by atoms with van der Waals surface area (Å²) in [6.07, 6.45) is 0.738. The summed E-state index contributed by atoms with van der Waals surface area (Å²) in [6.45, 7) is 1.90. The number of nitrogens with zero attached hydrogens (tertiary/aromatic N) is 2. The molecular formula is C4H5ClN2. The molecule has 0 unspecified atom stereocenters. The maximum atomic E-state index is 5.44. The minimum Gasteiger partial charge on any atom is -0.159 e. The molecule has 3 heteroatoms. The van der Waals surface area contributed by atoms with Gasteiger partial charge in [0.05, 0.1) is 0 Å². The van der Waals surface area contributed by atoms with Gasteiger partial charge in [0.25, 0.3) is 0 Å². The van der Waals surface area contributed by atoms with Crippen LogP contribution in [0.1, 0.15) is 13.3 Å². The van der Waals surface area contributed by atoms with E-state index < -0.39 is 0 Å². The highest BCUT2D eigenvalue weighted by molar-refractivity contribution is 6.67. The number of rotatable bonds is 0. The zero-order valence-corrected chi connectivity index (χ0v) is 4.74. The molecule has 1 aliphatic rings. The zero-order valence-electron chi connectivity index (χ0n) is 3.98. The van der Waals surface area contributed by atoms with E-state index in [0.29, 0.717) is 5.17 Å². The fourth-order valence-corrected chi connectivity index (χ4v) is 0.653. The molecule has 0 aromatic carbocycles. The van der Waals surface area contributed by atoms with Crippen LogP contribution in [-0.4, -0.2) is 10.9 Å². The van der Waals surface area contributed by atoms with Crippen molar-refractivity contribution in [3.63, 3.8) is 0 Å². The van der Waals surface area contributed by atoms with Gasteiger partial charge in [-0.2, -0.15) is 5.10 Å². The van der Waals surface area contributed by atoms with E-state index in [0.717, 1.165) is 12.1 Å². The second-order valence-corrected chi connectivity index (χ2v) is 1.92. The van der Waals surface area contributed by atoms with E-state index in [1.807, 2.05) is 6.92 Å². The topological polar surface area (TPSA) is 24.7 Å². The molecule has 7 heavy (non-hydrogen) atoms. The van der Waals surface area contributed by atoms with Crippen molar-refractivity contribution in [2.24, 2.45) is 10.2 Å². The van der Waals surface area contributed by atoms with Crippen LogP contribution in [0.2, 0.25) is 0 Å². The quantitative estimate of drug-likeness (QED) is 0.457. The molecule has 2 nitrogen and oxygen atoms in total. The van der Waals surface area contributed by atoms with Gasteiger partial charge in [-0.1, -0.05) is 11.6 Å². The first kappa shape index (κ1) is 4.78. The molecule has 1 aliphatic heterocycles. The normalized spacial score (nSPS) is 19.1. The predicted octanol–water partition coefficient (Wildman–Crippen LogP) is 1.40. The van der Waals surface area contributed by atoms with Crippen LogP contribution < -0.4 is 0 Å². The molecule has 38 valence electrons. The summed E-state index contributed by atoms with van der Waals surface area (Å²) in [5.74, 6) is 0. The Bertz CT molecular complexity index is 121. The zero-order chi connectivity index (χ0) is 5.28. The molecule has 1 heterocycles. The van der Waals surface area contributed by atoms with Crippen molar-refractivity contribution in [2.45, 2.75) is 13.3 Å². The van der Waals surface area contributed by atoms with Crippen LogP contribution in [0.5, 0.6) is 0 Å². The van der Waals surface area contributed by atoms with Crippen molar-refractivity contribution in [3.05, 3.63) is 0 Å². The van der Waals surface area contributed by atoms with Gasteiger partial charge >= 0.3 is 0 Å². The summed E-state index contributed by atoms with van der Waals surface area (Å²) >= 11 is 5.44. The van der Waals surface area contributed by atoms with Crippen molar-refractivity contribution in [1.82, 2.24) is 0 Å². The lowest BCUT2D eigenvalue weighted by Crippen LogP contribution is -1.88. The summed E-state index contributed by atoms with van der Waals surface area (Å²) < 4.78 is 0. The summed E-state index contributed by atoms with van der Waals surface area (Å²) in [6, 6.07) is 0. The molecular weight excluding hydrogens is 112 g/mol. The lowest BCUT2D eigenvalue weighted by atomic mass is 10.3. The SMILES string of the molecule is CC1=NN=C(Cl)C1. The molecule has 0 bridgehead atoms. The maximum absolute atomic E-state index is 5.44. The number of hydrogen-bond donors (Lipinski definition) is 0. The fourth-order valence-electron chi connectivity index (χ4n) is 0.421. The van der Waals surface area contributed by atoms with E-state index in [9.17, 15) is 0 Å². The van der Waals surface area contributed by atoms with Crippen molar-refractivity contribution in [2.75, 3.05) is 0 Å². The average Bonchev–Trinajstić information content (AvgIpc) is 1.87. The van der Waals surface area contributed by atoms with E-state index in [2.05, 4.69) is 10.2 Å². The van der Waals surface area contributed by atoms with E-state index >= 15 is 0 Å². The van der Waals surface area contributed by atoms with Gasteiger partial charge in [-0.05, 0) is 6.92 Å². The van der Waals surface area contributed by atoms with Crippen LogP contribution >= 0.6 is 11.6 Å². The monoisotopic (exact) mass is 116 g/mol. The standard InChI is InChI=1S/C4H5ClN2/c1-3-2-4(5)7-6-3/h2H2,1H3. The Kier molecular flexibility index (Phi) is 1.11. The second kappa shape index (κ2) is 1.62. The Morgan fingerprint density at radius 3 is 2.43 bits per heavy atom. The van der Waals surface area contributed by atoms with Crippen LogP contribution in [0.3, 0.4) is 0 Å². The van der Waals surface area contributed by atoms with Crippen molar-refractivity contribution >= 4 is 22.5 Å². The van der Waals surface area contributed by atoms with Crippen LogP contribution in [-0.2, 0) is 0 Å². The molecule has 0 N–H and O–H groups in total. The molecule has 0 saturated heterocycles. The van der Waals surface area contributed by atoms with Gasteiger partial charge in [0.1, 0.15) is 5.17 Å². The molecule has 0 saturated carbocycles. The molecule has 0 amide bonds. The third-order valence-electron chi connectivity index (χ3n) is 0.731. The van der Waals surface area contributed by atoms with E-state index in [1.165, 1.54) is 0 Å². The largest absolute Gasteiger partial charge is 0.159 e. The van der Waals surface area contributed by atoms with Gasteiger partial charge in [-0.15, -0.1) is 5.10 Å². The Balaban J connectivity index is 2.61. The summed E-state index contributed by atoms with van der Waals surface area (Å²) in [4.78, 5) is 0. The van der Waals surface area contributed by atoms with Gasteiger partial charge in [0, 0.05) is 12.1 Å². The first-order chi connectivity index (χ1) is 3.29. The highest BCUT2D eigenvalue weighted by atomic mass is 35.5. The molecule has 1 rings (SSSR count). The van der Waals surface area contributed by atoms with Crippen molar-refractivity contribution in [1.29, 1.82) is 0 Å². The van der Waals surface area contributed by atoms with Crippen LogP contribution in [0.15, 0.2) is 10.2 Å². The Morgan fingerprint density at radius 1 is 1.57 bits per heavy atom.